The highest BCUT2D eigenvalue weighted by molar-refractivity contribution is 5.25. The first-order chi connectivity index (χ1) is 8.22. The van der Waals surface area contributed by atoms with E-state index in [4.69, 9.17) is 0 Å². The molecule has 0 amide bonds. The van der Waals surface area contributed by atoms with E-state index in [-0.39, 0.29) is 5.56 Å². The monoisotopic (exact) mass is 234 g/mol. The molecule has 1 N–H and O–H groups in total. The summed E-state index contributed by atoms with van der Waals surface area (Å²) in [7, 11) is 0. The minimum atomic E-state index is 0.00380. The van der Waals surface area contributed by atoms with Crippen LogP contribution in [0.2, 0.25) is 0 Å². The molecule has 2 heterocycles. The topological polar surface area (TPSA) is 36.1 Å². The average molecular weight is 234 g/mol. The third-order valence-corrected chi connectivity index (χ3v) is 3.66. The zero-order chi connectivity index (χ0) is 12.3. The van der Waals surface area contributed by atoms with Crippen molar-refractivity contribution in [2.75, 3.05) is 13.1 Å². The van der Waals surface area contributed by atoms with Gasteiger partial charge in [0.15, 0.2) is 0 Å². The van der Waals surface area contributed by atoms with Gasteiger partial charge in [0.2, 0.25) is 5.56 Å². The van der Waals surface area contributed by atoms with Gasteiger partial charge in [0.05, 0.1) is 0 Å². The molecule has 0 radical (unpaired) electrons. The Morgan fingerprint density at radius 1 is 1.47 bits per heavy atom. The molecular formula is C14H22N2O. The van der Waals surface area contributed by atoms with Crippen molar-refractivity contribution < 1.29 is 0 Å². The predicted molar refractivity (Wildman–Crippen MR) is 70.3 cm³/mol. The number of hydrogen-bond donors (Lipinski definition) is 1. The summed E-state index contributed by atoms with van der Waals surface area (Å²) >= 11 is 0. The van der Waals surface area contributed by atoms with Gasteiger partial charge in [-0.2, -0.15) is 0 Å². The fourth-order valence-electron chi connectivity index (χ4n) is 2.84. The van der Waals surface area contributed by atoms with Crippen molar-refractivity contribution >= 4 is 0 Å². The van der Waals surface area contributed by atoms with Gasteiger partial charge < -0.3 is 4.98 Å². The van der Waals surface area contributed by atoms with Crippen LogP contribution in [-0.2, 0) is 0 Å². The first-order valence-electron chi connectivity index (χ1n) is 6.65. The van der Waals surface area contributed by atoms with Gasteiger partial charge in [0.25, 0.3) is 0 Å². The van der Waals surface area contributed by atoms with Crippen molar-refractivity contribution in [1.82, 2.24) is 9.88 Å². The molecule has 1 aliphatic heterocycles. The van der Waals surface area contributed by atoms with Crippen LogP contribution in [0.1, 0.15) is 49.8 Å². The molecule has 1 aromatic rings. The Morgan fingerprint density at radius 3 is 3.00 bits per heavy atom. The molecule has 0 saturated carbocycles. The maximum absolute atomic E-state index is 11.3. The molecule has 0 aliphatic carbocycles. The van der Waals surface area contributed by atoms with Crippen LogP contribution in [0.5, 0.6) is 0 Å². The highest BCUT2D eigenvalue weighted by atomic mass is 16.1. The van der Waals surface area contributed by atoms with E-state index in [1.807, 2.05) is 13.1 Å². The molecule has 0 bridgehead atoms. The van der Waals surface area contributed by atoms with E-state index in [1.54, 1.807) is 6.07 Å². The fraction of sp³-hybridized carbons (Fsp3) is 0.643. The standard InChI is InChI=1S/C14H22N2O/c1-3-7-16-8-5-4-6-13(16)12-10-15-14(17)9-11(12)2/h9-10,13H,3-8H2,1-2H3,(H,15,17). The molecule has 1 aromatic heterocycles. The summed E-state index contributed by atoms with van der Waals surface area (Å²) in [6.45, 7) is 6.62. The number of hydrogen-bond acceptors (Lipinski definition) is 2. The van der Waals surface area contributed by atoms with Gasteiger partial charge in [-0.1, -0.05) is 13.3 Å². The molecule has 1 saturated heterocycles. The Labute approximate surface area is 103 Å². The number of aromatic nitrogens is 1. The Balaban J connectivity index is 2.26. The quantitative estimate of drug-likeness (QED) is 0.872. The van der Waals surface area contributed by atoms with Crippen LogP contribution in [0, 0.1) is 6.92 Å². The van der Waals surface area contributed by atoms with Crippen molar-refractivity contribution in [2.45, 2.75) is 45.6 Å². The lowest BCUT2D eigenvalue weighted by Crippen LogP contribution is -2.34. The van der Waals surface area contributed by atoms with Crippen molar-refractivity contribution in [3.63, 3.8) is 0 Å². The molecule has 0 spiro atoms. The van der Waals surface area contributed by atoms with Gasteiger partial charge in [-0.25, -0.2) is 0 Å². The molecular weight excluding hydrogens is 212 g/mol. The summed E-state index contributed by atoms with van der Waals surface area (Å²) in [5.74, 6) is 0. The third-order valence-electron chi connectivity index (χ3n) is 3.66. The Morgan fingerprint density at radius 2 is 2.29 bits per heavy atom. The summed E-state index contributed by atoms with van der Waals surface area (Å²) in [6, 6.07) is 2.22. The van der Waals surface area contributed by atoms with Crippen molar-refractivity contribution in [1.29, 1.82) is 0 Å². The molecule has 0 aromatic carbocycles. The molecule has 3 heteroatoms. The molecule has 94 valence electrons. The first kappa shape index (κ1) is 12.4. The van der Waals surface area contributed by atoms with E-state index < -0.39 is 0 Å². The van der Waals surface area contributed by atoms with Gasteiger partial charge in [0, 0.05) is 18.3 Å². The number of aryl methyl sites for hydroxylation is 1. The summed E-state index contributed by atoms with van der Waals surface area (Å²) in [5.41, 5.74) is 2.43. The minimum absolute atomic E-state index is 0.00380. The van der Waals surface area contributed by atoms with Crippen molar-refractivity contribution in [3.8, 4) is 0 Å². The summed E-state index contributed by atoms with van der Waals surface area (Å²) in [5, 5.41) is 0. The zero-order valence-electron chi connectivity index (χ0n) is 10.8. The molecule has 1 fully saturated rings. The van der Waals surface area contributed by atoms with Crippen LogP contribution in [0.25, 0.3) is 0 Å². The van der Waals surface area contributed by atoms with Crippen LogP contribution in [-0.4, -0.2) is 23.0 Å². The lowest BCUT2D eigenvalue weighted by Gasteiger charge is -2.36. The van der Waals surface area contributed by atoms with Gasteiger partial charge in [-0.05, 0) is 50.4 Å². The van der Waals surface area contributed by atoms with Crippen molar-refractivity contribution in [3.05, 3.63) is 33.7 Å². The van der Waals surface area contributed by atoms with E-state index in [2.05, 4.69) is 16.8 Å². The van der Waals surface area contributed by atoms with E-state index in [0.717, 1.165) is 12.1 Å². The molecule has 3 nitrogen and oxygen atoms in total. The van der Waals surface area contributed by atoms with E-state index in [9.17, 15) is 4.79 Å². The average Bonchev–Trinajstić information content (AvgIpc) is 2.31. The molecule has 1 atom stereocenters. The Hall–Kier alpha value is -1.09. The second kappa shape index (κ2) is 5.50. The number of nitrogens with zero attached hydrogens (tertiary/aromatic N) is 1. The van der Waals surface area contributed by atoms with Gasteiger partial charge in [0.1, 0.15) is 0 Å². The fourth-order valence-corrected chi connectivity index (χ4v) is 2.84. The SMILES string of the molecule is CCCN1CCCCC1c1c[nH]c(=O)cc1C. The lowest BCUT2D eigenvalue weighted by molar-refractivity contribution is 0.148. The van der Waals surface area contributed by atoms with Crippen molar-refractivity contribution in [2.24, 2.45) is 0 Å². The van der Waals surface area contributed by atoms with E-state index in [0.29, 0.717) is 6.04 Å². The number of likely N-dealkylation sites (tertiary alicyclic amines) is 1. The molecule has 1 aliphatic rings. The summed E-state index contributed by atoms with van der Waals surface area (Å²) < 4.78 is 0. The number of aromatic amines is 1. The van der Waals surface area contributed by atoms with Crippen LogP contribution < -0.4 is 5.56 Å². The number of rotatable bonds is 3. The summed E-state index contributed by atoms with van der Waals surface area (Å²) in [6.07, 6.45) is 6.92. The predicted octanol–water partition coefficient (Wildman–Crippen LogP) is 2.62. The van der Waals surface area contributed by atoms with E-state index >= 15 is 0 Å². The van der Waals surface area contributed by atoms with Crippen LogP contribution in [0.4, 0.5) is 0 Å². The Bertz CT molecular complexity index is 422. The lowest BCUT2D eigenvalue weighted by atomic mass is 9.93. The van der Waals surface area contributed by atoms with Crippen LogP contribution in [0.15, 0.2) is 17.1 Å². The third kappa shape index (κ3) is 2.78. The Kier molecular flexibility index (Phi) is 4.00. The van der Waals surface area contributed by atoms with E-state index in [1.165, 1.54) is 37.8 Å². The molecule has 2 rings (SSSR count). The summed E-state index contributed by atoms with van der Waals surface area (Å²) in [4.78, 5) is 16.6. The largest absolute Gasteiger partial charge is 0.329 e. The number of H-pyrrole nitrogens is 1. The van der Waals surface area contributed by atoms with Gasteiger partial charge in [-0.3, -0.25) is 9.69 Å². The van der Waals surface area contributed by atoms with Crippen LogP contribution >= 0.6 is 0 Å². The highest BCUT2D eigenvalue weighted by Gasteiger charge is 2.24. The maximum atomic E-state index is 11.3. The second-order valence-electron chi connectivity index (χ2n) is 4.98. The zero-order valence-corrected chi connectivity index (χ0v) is 10.8. The maximum Gasteiger partial charge on any atom is 0.248 e. The normalized spacial score (nSPS) is 21.6. The minimum Gasteiger partial charge on any atom is -0.329 e. The first-order valence-corrected chi connectivity index (χ1v) is 6.65. The molecule has 17 heavy (non-hydrogen) atoms. The number of nitrogens with one attached hydrogen (secondary N) is 1. The molecule has 1 unspecified atom stereocenters. The highest BCUT2D eigenvalue weighted by Crippen LogP contribution is 2.31. The van der Waals surface area contributed by atoms with Crippen LogP contribution in [0.3, 0.4) is 0 Å². The van der Waals surface area contributed by atoms with Gasteiger partial charge in [-0.15, -0.1) is 0 Å². The van der Waals surface area contributed by atoms with Gasteiger partial charge >= 0.3 is 0 Å². The number of pyridine rings is 1. The smallest absolute Gasteiger partial charge is 0.248 e. The second-order valence-corrected chi connectivity index (χ2v) is 4.98. The number of piperidine rings is 1.